The van der Waals surface area contributed by atoms with Gasteiger partial charge in [0.25, 0.3) is 0 Å². The number of urea groups is 1. The molecular formula is C20H24ClN3O2. The number of hydroxylamine groups is 1. The van der Waals surface area contributed by atoms with Crippen molar-refractivity contribution in [1.29, 1.82) is 0 Å². The van der Waals surface area contributed by atoms with Gasteiger partial charge in [0, 0.05) is 30.7 Å². The molecule has 0 spiro atoms. The summed E-state index contributed by atoms with van der Waals surface area (Å²) in [4.78, 5) is 19.6. The quantitative estimate of drug-likeness (QED) is 0.758. The van der Waals surface area contributed by atoms with Crippen molar-refractivity contribution < 1.29 is 9.63 Å². The molecule has 2 aromatic carbocycles. The molecule has 1 saturated heterocycles. The lowest BCUT2D eigenvalue weighted by Crippen LogP contribution is -2.47. The van der Waals surface area contributed by atoms with Crippen LogP contribution in [0.1, 0.15) is 24.0 Å². The van der Waals surface area contributed by atoms with E-state index in [1.807, 2.05) is 42.5 Å². The Labute approximate surface area is 159 Å². The van der Waals surface area contributed by atoms with E-state index in [9.17, 15) is 4.79 Å². The first-order chi connectivity index (χ1) is 12.7. The fourth-order valence-electron chi connectivity index (χ4n) is 3.06. The highest BCUT2D eigenvalue weighted by molar-refractivity contribution is 6.30. The molecule has 1 fully saturated rings. The molecule has 1 aliphatic heterocycles. The highest BCUT2D eigenvalue weighted by Crippen LogP contribution is 2.16. The SMILES string of the molecule is O=C(NOCc1ccccc1)NC1CCN(Cc2ccc(Cl)cc2)CC1. The van der Waals surface area contributed by atoms with Gasteiger partial charge in [-0.2, -0.15) is 0 Å². The van der Waals surface area contributed by atoms with Crippen LogP contribution in [0.3, 0.4) is 0 Å². The molecule has 2 amide bonds. The number of amides is 2. The standard InChI is InChI=1S/C20H24ClN3O2/c21-18-8-6-16(7-9-18)14-24-12-10-19(11-13-24)22-20(25)23-26-15-17-4-2-1-3-5-17/h1-9,19H,10-15H2,(H2,22,23,25). The van der Waals surface area contributed by atoms with E-state index >= 15 is 0 Å². The molecule has 0 radical (unpaired) electrons. The molecule has 138 valence electrons. The molecular weight excluding hydrogens is 350 g/mol. The Bertz CT molecular complexity index is 686. The molecule has 0 saturated carbocycles. The molecule has 1 aliphatic rings. The van der Waals surface area contributed by atoms with E-state index < -0.39 is 0 Å². The average molecular weight is 374 g/mol. The number of benzene rings is 2. The van der Waals surface area contributed by atoms with Gasteiger partial charge < -0.3 is 5.32 Å². The molecule has 0 bridgehead atoms. The van der Waals surface area contributed by atoms with Gasteiger partial charge in [-0.3, -0.25) is 9.74 Å². The third-order valence-electron chi connectivity index (χ3n) is 4.49. The zero-order valence-corrected chi connectivity index (χ0v) is 15.4. The number of piperidine rings is 1. The van der Waals surface area contributed by atoms with Crippen LogP contribution in [-0.4, -0.2) is 30.1 Å². The predicted octanol–water partition coefficient (Wildman–Crippen LogP) is 3.74. The molecule has 0 aromatic heterocycles. The van der Waals surface area contributed by atoms with E-state index in [1.165, 1.54) is 5.56 Å². The Morgan fingerprint density at radius 3 is 2.42 bits per heavy atom. The number of carbonyl (C=O) groups is 1. The number of halogens is 1. The summed E-state index contributed by atoms with van der Waals surface area (Å²) in [5.74, 6) is 0. The Hall–Kier alpha value is -2.08. The lowest BCUT2D eigenvalue weighted by molar-refractivity contribution is 0.0470. The highest BCUT2D eigenvalue weighted by atomic mass is 35.5. The maximum absolute atomic E-state index is 11.9. The van der Waals surface area contributed by atoms with E-state index in [0.717, 1.165) is 43.1 Å². The zero-order chi connectivity index (χ0) is 18.2. The maximum atomic E-state index is 11.9. The molecule has 0 unspecified atom stereocenters. The summed E-state index contributed by atoms with van der Waals surface area (Å²) in [5, 5.41) is 3.74. The van der Waals surface area contributed by atoms with Gasteiger partial charge in [0.2, 0.25) is 0 Å². The van der Waals surface area contributed by atoms with Crippen molar-refractivity contribution in [2.45, 2.75) is 32.0 Å². The summed E-state index contributed by atoms with van der Waals surface area (Å²) in [6, 6.07) is 17.6. The first-order valence-corrected chi connectivity index (χ1v) is 9.26. The number of likely N-dealkylation sites (tertiary alicyclic amines) is 1. The number of carbonyl (C=O) groups excluding carboxylic acids is 1. The summed E-state index contributed by atoms with van der Waals surface area (Å²) in [6.07, 6.45) is 1.86. The van der Waals surface area contributed by atoms with Crippen molar-refractivity contribution >= 4 is 17.6 Å². The molecule has 5 nitrogen and oxygen atoms in total. The van der Waals surface area contributed by atoms with Gasteiger partial charge in [0.05, 0.1) is 6.61 Å². The lowest BCUT2D eigenvalue weighted by atomic mass is 10.0. The van der Waals surface area contributed by atoms with Crippen LogP contribution in [0, 0.1) is 0 Å². The monoisotopic (exact) mass is 373 g/mol. The van der Waals surface area contributed by atoms with E-state index in [1.54, 1.807) is 0 Å². The maximum Gasteiger partial charge on any atom is 0.338 e. The van der Waals surface area contributed by atoms with Crippen molar-refractivity contribution in [3.8, 4) is 0 Å². The fourth-order valence-corrected chi connectivity index (χ4v) is 3.18. The van der Waals surface area contributed by atoms with Crippen LogP contribution >= 0.6 is 11.6 Å². The zero-order valence-electron chi connectivity index (χ0n) is 14.7. The summed E-state index contributed by atoms with van der Waals surface area (Å²) in [6.45, 7) is 3.18. The molecule has 26 heavy (non-hydrogen) atoms. The highest BCUT2D eigenvalue weighted by Gasteiger charge is 2.20. The second kappa shape index (κ2) is 9.57. The third-order valence-corrected chi connectivity index (χ3v) is 4.74. The van der Waals surface area contributed by atoms with E-state index in [4.69, 9.17) is 16.4 Å². The second-order valence-corrected chi connectivity index (χ2v) is 6.96. The van der Waals surface area contributed by atoms with E-state index in [-0.39, 0.29) is 12.1 Å². The lowest BCUT2D eigenvalue weighted by Gasteiger charge is -2.32. The van der Waals surface area contributed by atoms with Crippen molar-refractivity contribution in [3.05, 3.63) is 70.7 Å². The first-order valence-electron chi connectivity index (χ1n) is 8.88. The van der Waals surface area contributed by atoms with Crippen LogP contribution in [0.25, 0.3) is 0 Å². The van der Waals surface area contributed by atoms with Gasteiger partial charge in [-0.15, -0.1) is 0 Å². The number of nitrogens with zero attached hydrogens (tertiary/aromatic N) is 1. The van der Waals surface area contributed by atoms with Gasteiger partial charge >= 0.3 is 6.03 Å². The third kappa shape index (κ3) is 6.02. The van der Waals surface area contributed by atoms with Gasteiger partial charge in [-0.1, -0.05) is 54.1 Å². The molecule has 1 heterocycles. The molecule has 2 N–H and O–H groups in total. The molecule has 0 atom stereocenters. The Morgan fingerprint density at radius 1 is 1.04 bits per heavy atom. The van der Waals surface area contributed by atoms with Crippen molar-refractivity contribution in [2.24, 2.45) is 0 Å². The van der Waals surface area contributed by atoms with E-state index in [0.29, 0.717) is 6.61 Å². The minimum atomic E-state index is -0.280. The summed E-state index contributed by atoms with van der Waals surface area (Å²) >= 11 is 5.92. The van der Waals surface area contributed by atoms with Crippen LogP contribution in [0.2, 0.25) is 5.02 Å². The average Bonchev–Trinajstić information content (AvgIpc) is 2.66. The summed E-state index contributed by atoms with van der Waals surface area (Å²) in [7, 11) is 0. The van der Waals surface area contributed by atoms with Gasteiger partial charge in [0.15, 0.2) is 0 Å². The summed E-state index contributed by atoms with van der Waals surface area (Å²) < 4.78 is 0. The number of hydrogen-bond acceptors (Lipinski definition) is 3. The van der Waals surface area contributed by atoms with Crippen molar-refractivity contribution in [1.82, 2.24) is 15.7 Å². The summed E-state index contributed by atoms with van der Waals surface area (Å²) in [5.41, 5.74) is 4.73. The first kappa shape index (κ1) is 18.7. The second-order valence-electron chi connectivity index (χ2n) is 6.53. The Morgan fingerprint density at radius 2 is 1.73 bits per heavy atom. The van der Waals surface area contributed by atoms with Crippen LogP contribution in [0.4, 0.5) is 4.79 Å². The fraction of sp³-hybridized carbons (Fsp3) is 0.350. The number of rotatable bonds is 6. The smallest absolute Gasteiger partial charge is 0.334 e. The normalized spacial score (nSPS) is 15.6. The molecule has 6 heteroatoms. The van der Waals surface area contributed by atoms with Gasteiger partial charge in [-0.05, 0) is 36.1 Å². The predicted molar refractivity (Wildman–Crippen MR) is 103 cm³/mol. The van der Waals surface area contributed by atoms with Crippen molar-refractivity contribution in [3.63, 3.8) is 0 Å². The van der Waals surface area contributed by atoms with Crippen molar-refractivity contribution in [2.75, 3.05) is 13.1 Å². The minimum Gasteiger partial charge on any atom is -0.334 e. The van der Waals surface area contributed by atoms with Gasteiger partial charge in [-0.25, -0.2) is 10.3 Å². The Kier molecular flexibility index (Phi) is 6.89. The van der Waals surface area contributed by atoms with Gasteiger partial charge in [0.1, 0.15) is 0 Å². The molecule has 3 rings (SSSR count). The topological polar surface area (TPSA) is 53.6 Å². The van der Waals surface area contributed by atoms with E-state index in [2.05, 4.69) is 27.8 Å². The van der Waals surface area contributed by atoms with Crippen LogP contribution < -0.4 is 10.8 Å². The van der Waals surface area contributed by atoms with Crippen LogP contribution in [0.5, 0.6) is 0 Å². The number of nitrogens with one attached hydrogen (secondary N) is 2. The largest absolute Gasteiger partial charge is 0.338 e. The minimum absolute atomic E-state index is 0.178. The van der Waals surface area contributed by atoms with Crippen LogP contribution in [0.15, 0.2) is 54.6 Å². The molecule has 2 aromatic rings. The Balaban J connectivity index is 1.33. The van der Waals surface area contributed by atoms with Crippen LogP contribution in [-0.2, 0) is 18.0 Å². The molecule has 0 aliphatic carbocycles. The number of hydrogen-bond donors (Lipinski definition) is 2.